The topological polar surface area (TPSA) is 45.7 Å². The zero-order valence-corrected chi connectivity index (χ0v) is 12.1. The third kappa shape index (κ3) is 5.44. The van der Waals surface area contributed by atoms with Gasteiger partial charge in [0, 0.05) is 26.7 Å². The van der Waals surface area contributed by atoms with Gasteiger partial charge in [0.25, 0.3) is 0 Å². The molecule has 0 saturated carbocycles. The van der Waals surface area contributed by atoms with Crippen LogP contribution >= 0.6 is 11.6 Å². The van der Waals surface area contributed by atoms with E-state index in [9.17, 15) is 4.39 Å². The number of halogens is 2. The number of guanidine groups is 1. The molecule has 106 valence electrons. The maximum atomic E-state index is 13.0. The molecule has 0 radical (unpaired) electrons. The molecule has 2 N–H and O–H groups in total. The molecule has 0 aliphatic heterocycles. The Kier molecular flexibility index (Phi) is 6.59. The Morgan fingerprint density at radius 3 is 2.84 bits per heavy atom. The highest BCUT2D eigenvalue weighted by atomic mass is 35.5. The highest BCUT2D eigenvalue weighted by Crippen LogP contribution is 2.15. The summed E-state index contributed by atoms with van der Waals surface area (Å²) in [6, 6.07) is 4.77. The Morgan fingerprint density at radius 1 is 1.53 bits per heavy atom. The SMILES string of the molecule is CN=C(NCc1ccc(F)c(Cl)c1)NC(C)COC. The second kappa shape index (κ2) is 7.96. The van der Waals surface area contributed by atoms with Crippen molar-refractivity contribution in [3.05, 3.63) is 34.6 Å². The molecule has 0 amide bonds. The van der Waals surface area contributed by atoms with Crippen molar-refractivity contribution in [2.45, 2.75) is 19.5 Å². The quantitative estimate of drug-likeness (QED) is 0.644. The molecule has 1 rings (SSSR count). The molecule has 1 aromatic rings. The maximum absolute atomic E-state index is 13.0. The molecule has 0 fully saturated rings. The Balaban J connectivity index is 2.51. The number of ether oxygens (including phenoxy) is 1. The van der Waals surface area contributed by atoms with Crippen molar-refractivity contribution in [3.8, 4) is 0 Å². The molecule has 4 nitrogen and oxygen atoms in total. The third-order valence-electron chi connectivity index (χ3n) is 2.47. The Labute approximate surface area is 118 Å². The minimum absolute atomic E-state index is 0.120. The lowest BCUT2D eigenvalue weighted by Gasteiger charge is -2.17. The van der Waals surface area contributed by atoms with Crippen molar-refractivity contribution in [2.75, 3.05) is 20.8 Å². The fraction of sp³-hybridized carbons (Fsp3) is 0.462. The minimum Gasteiger partial charge on any atom is -0.383 e. The summed E-state index contributed by atoms with van der Waals surface area (Å²) in [5.41, 5.74) is 0.883. The Bertz CT molecular complexity index is 440. The summed E-state index contributed by atoms with van der Waals surface area (Å²) in [6.45, 7) is 3.09. The van der Waals surface area contributed by atoms with Crippen molar-refractivity contribution in [1.82, 2.24) is 10.6 Å². The van der Waals surface area contributed by atoms with E-state index >= 15 is 0 Å². The number of benzene rings is 1. The van der Waals surface area contributed by atoms with Gasteiger partial charge in [0.1, 0.15) is 5.82 Å². The summed E-state index contributed by atoms with van der Waals surface area (Å²) >= 11 is 5.72. The fourth-order valence-electron chi connectivity index (χ4n) is 1.56. The second-order valence-corrected chi connectivity index (χ2v) is 4.58. The van der Waals surface area contributed by atoms with Crippen molar-refractivity contribution < 1.29 is 9.13 Å². The van der Waals surface area contributed by atoms with E-state index in [1.54, 1.807) is 26.3 Å². The van der Waals surface area contributed by atoms with Gasteiger partial charge in [-0.2, -0.15) is 0 Å². The molecule has 0 aliphatic carbocycles. The molecule has 0 spiro atoms. The zero-order valence-electron chi connectivity index (χ0n) is 11.3. The van der Waals surface area contributed by atoms with Crippen molar-refractivity contribution in [3.63, 3.8) is 0 Å². The van der Waals surface area contributed by atoms with Gasteiger partial charge in [-0.3, -0.25) is 4.99 Å². The van der Waals surface area contributed by atoms with E-state index in [2.05, 4.69) is 15.6 Å². The van der Waals surface area contributed by atoms with Gasteiger partial charge in [-0.1, -0.05) is 17.7 Å². The first kappa shape index (κ1) is 15.7. The van der Waals surface area contributed by atoms with Gasteiger partial charge in [-0.15, -0.1) is 0 Å². The van der Waals surface area contributed by atoms with E-state index in [0.29, 0.717) is 19.1 Å². The van der Waals surface area contributed by atoms with E-state index < -0.39 is 5.82 Å². The average Bonchev–Trinajstić information content (AvgIpc) is 2.38. The first-order valence-corrected chi connectivity index (χ1v) is 6.34. The highest BCUT2D eigenvalue weighted by Gasteiger charge is 2.05. The number of methoxy groups -OCH3 is 1. The second-order valence-electron chi connectivity index (χ2n) is 4.17. The highest BCUT2D eigenvalue weighted by molar-refractivity contribution is 6.30. The van der Waals surface area contributed by atoms with Crippen LogP contribution < -0.4 is 10.6 Å². The first-order valence-electron chi connectivity index (χ1n) is 5.97. The van der Waals surface area contributed by atoms with Gasteiger partial charge >= 0.3 is 0 Å². The summed E-state index contributed by atoms with van der Waals surface area (Å²) < 4.78 is 18.1. The van der Waals surface area contributed by atoms with Gasteiger partial charge in [-0.25, -0.2) is 4.39 Å². The predicted octanol–water partition coefficient (Wildman–Crippen LogP) is 2.18. The van der Waals surface area contributed by atoms with Gasteiger partial charge in [0.15, 0.2) is 5.96 Å². The molecular formula is C13H19ClFN3O. The lowest BCUT2D eigenvalue weighted by molar-refractivity contribution is 0.179. The molecule has 0 heterocycles. The summed E-state index contributed by atoms with van der Waals surface area (Å²) in [4.78, 5) is 4.10. The normalized spacial score (nSPS) is 13.2. The minimum atomic E-state index is -0.415. The number of nitrogens with one attached hydrogen (secondary N) is 2. The molecule has 6 heteroatoms. The van der Waals surface area contributed by atoms with Crippen LogP contribution in [0.4, 0.5) is 4.39 Å². The standard InChI is InChI=1S/C13H19ClFN3O/c1-9(8-19-3)18-13(16-2)17-7-10-4-5-12(15)11(14)6-10/h4-6,9H,7-8H2,1-3H3,(H2,16,17,18). The molecular weight excluding hydrogens is 269 g/mol. The first-order chi connectivity index (χ1) is 9.06. The third-order valence-corrected chi connectivity index (χ3v) is 2.76. The molecule has 0 saturated heterocycles. The van der Waals surface area contributed by atoms with Crippen LogP contribution in [0.15, 0.2) is 23.2 Å². The number of aliphatic imine (C=N–C) groups is 1. The van der Waals surface area contributed by atoms with E-state index in [0.717, 1.165) is 5.56 Å². The largest absolute Gasteiger partial charge is 0.383 e. The molecule has 1 atom stereocenters. The smallest absolute Gasteiger partial charge is 0.191 e. The van der Waals surface area contributed by atoms with E-state index in [1.165, 1.54) is 6.07 Å². The van der Waals surface area contributed by atoms with Gasteiger partial charge in [0.2, 0.25) is 0 Å². The van der Waals surface area contributed by atoms with Crippen LogP contribution in [0.3, 0.4) is 0 Å². The van der Waals surface area contributed by atoms with Crippen LogP contribution in [-0.2, 0) is 11.3 Å². The summed E-state index contributed by atoms with van der Waals surface area (Å²) in [7, 11) is 3.33. The molecule has 0 aliphatic rings. The van der Waals surface area contributed by atoms with E-state index in [4.69, 9.17) is 16.3 Å². The fourth-order valence-corrected chi connectivity index (χ4v) is 1.76. The van der Waals surface area contributed by atoms with Crippen LogP contribution in [0.1, 0.15) is 12.5 Å². The molecule has 0 bridgehead atoms. The lowest BCUT2D eigenvalue weighted by Crippen LogP contribution is -2.43. The lowest BCUT2D eigenvalue weighted by atomic mass is 10.2. The van der Waals surface area contributed by atoms with Crippen molar-refractivity contribution >= 4 is 17.6 Å². The molecule has 0 aromatic heterocycles. The van der Waals surface area contributed by atoms with E-state index in [-0.39, 0.29) is 11.1 Å². The molecule has 19 heavy (non-hydrogen) atoms. The number of hydrogen-bond acceptors (Lipinski definition) is 2. The summed E-state index contributed by atoms with van der Waals surface area (Å²) in [5, 5.41) is 6.41. The summed E-state index contributed by atoms with van der Waals surface area (Å²) in [6.07, 6.45) is 0. The predicted molar refractivity (Wildman–Crippen MR) is 76.1 cm³/mol. The van der Waals surface area contributed by atoms with Crippen LogP contribution in [0.25, 0.3) is 0 Å². The molecule has 1 unspecified atom stereocenters. The van der Waals surface area contributed by atoms with Gasteiger partial charge in [-0.05, 0) is 24.6 Å². The number of hydrogen-bond donors (Lipinski definition) is 2. The zero-order chi connectivity index (χ0) is 14.3. The summed E-state index contributed by atoms with van der Waals surface area (Å²) in [5.74, 6) is 0.242. The number of rotatable bonds is 5. The van der Waals surface area contributed by atoms with Crippen LogP contribution in [-0.4, -0.2) is 32.8 Å². The van der Waals surface area contributed by atoms with Crippen LogP contribution in [0.2, 0.25) is 5.02 Å². The van der Waals surface area contributed by atoms with Crippen LogP contribution in [0, 0.1) is 5.82 Å². The van der Waals surface area contributed by atoms with E-state index in [1.807, 2.05) is 6.92 Å². The van der Waals surface area contributed by atoms with Crippen molar-refractivity contribution in [1.29, 1.82) is 0 Å². The van der Waals surface area contributed by atoms with Crippen molar-refractivity contribution in [2.24, 2.45) is 4.99 Å². The monoisotopic (exact) mass is 287 g/mol. The van der Waals surface area contributed by atoms with Gasteiger partial charge < -0.3 is 15.4 Å². The molecule has 1 aromatic carbocycles. The van der Waals surface area contributed by atoms with Crippen LogP contribution in [0.5, 0.6) is 0 Å². The Hall–Kier alpha value is -1.33. The Morgan fingerprint density at radius 2 is 2.26 bits per heavy atom. The number of nitrogens with zero attached hydrogens (tertiary/aromatic N) is 1. The van der Waals surface area contributed by atoms with Gasteiger partial charge in [0.05, 0.1) is 11.6 Å². The maximum Gasteiger partial charge on any atom is 0.191 e. The average molecular weight is 288 g/mol.